The second-order valence-corrected chi connectivity index (χ2v) is 27.6. The SMILES string of the molecule is CC(C)CCN(CCSCC(COCC(CSCCN(CCC(C)C)CCC(C)C)SCCN(CCC(C)C)CCC(C)C)SCCN(CCC(C)C)CCC(C)C)CCC(C)C. The van der Waals surface area contributed by atoms with Crippen molar-refractivity contribution in [1.29, 1.82) is 0 Å². The number of hydrogen-bond acceptors (Lipinski definition) is 9. The molecule has 0 aliphatic rings. The molecule has 2 unspecified atom stereocenters. The molecule has 0 aromatic heterocycles. The third kappa shape index (κ3) is 44.2. The van der Waals surface area contributed by atoms with Gasteiger partial charge in [0.2, 0.25) is 0 Å². The van der Waals surface area contributed by atoms with Crippen LogP contribution in [0.2, 0.25) is 0 Å². The Balaban J connectivity index is 5.86. The van der Waals surface area contributed by atoms with Crippen molar-refractivity contribution in [3.05, 3.63) is 0 Å². The molecule has 63 heavy (non-hydrogen) atoms. The van der Waals surface area contributed by atoms with Crippen LogP contribution in [0.4, 0.5) is 0 Å². The summed E-state index contributed by atoms with van der Waals surface area (Å²) in [5, 5.41) is 1.09. The molecule has 2 atom stereocenters. The lowest BCUT2D eigenvalue weighted by molar-refractivity contribution is 0.142. The van der Waals surface area contributed by atoms with E-state index in [0.717, 1.165) is 60.6 Å². The van der Waals surface area contributed by atoms with E-state index in [2.05, 4.69) is 177 Å². The van der Waals surface area contributed by atoms with Crippen molar-refractivity contribution in [2.75, 3.05) is 126 Å². The molecule has 380 valence electrons. The number of rotatable bonds is 46. The Bertz CT molecular complexity index is 846. The quantitative estimate of drug-likeness (QED) is 0.0552. The summed E-state index contributed by atoms with van der Waals surface area (Å²) in [6.45, 7) is 54.5. The summed E-state index contributed by atoms with van der Waals surface area (Å²) >= 11 is 8.79. The van der Waals surface area contributed by atoms with Crippen LogP contribution in [0, 0.1) is 47.3 Å². The summed E-state index contributed by atoms with van der Waals surface area (Å²) < 4.78 is 6.89. The zero-order chi connectivity index (χ0) is 47.4. The van der Waals surface area contributed by atoms with Gasteiger partial charge in [-0.05, 0) is 151 Å². The van der Waals surface area contributed by atoms with E-state index >= 15 is 0 Å². The monoisotopic (exact) mass is 963 g/mol. The van der Waals surface area contributed by atoms with Gasteiger partial charge in [0.15, 0.2) is 0 Å². The Hall–Kier alpha value is 1.20. The van der Waals surface area contributed by atoms with Crippen molar-refractivity contribution in [2.45, 2.75) is 173 Å². The number of nitrogens with zero attached hydrogens (tertiary/aromatic N) is 4. The fourth-order valence-corrected chi connectivity index (χ4v) is 12.0. The third-order valence-electron chi connectivity index (χ3n) is 12.0. The van der Waals surface area contributed by atoms with Crippen LogP contribution in [-0.2, 0) is 4.74 Å². The van der Waals surface area contributed by atoms with E-state index in [4.69, 9.17) is 4.74 Å². The Morgan fingerprint density at radius 2 is 0.492 bits per heavy atom. The average Bonchev–Trinajstić information content (AvgIpc) is 3.19. The molecule has 0 aliphatic carbocycles. The Labute approximate surface area is 415 Å². The maximum absolute atomic E-state index is 6.89. The van der Waals surface area contributed by atoms with Gasteiger partial charge in [-0.3, -0.25) is 0 Å². The standard InChI is InChI=1S/C54H114N4OS4/c1-45(2)17-25-55(26-18-46(3)4)33-37-60-43-53(62-39-35-57(29-21-49(9)10)30-22-50(11)12)41-59-42-54(63-40-36-58(31-23-51(13)14)32-24-52(15)16)44-61-38-34-56(27-19-47(5)6)28-20-48(7)8/h45-54H,17-44H2,1-16H3. The van der Waals surface area contributed by atoms with Crippen LogP contribution in [-0.4, -0.2) is 156 Å². The van der Waals surface area contributed by atoms with E-state index in [1.165, 1.54) is 164 Å². The van der Waals surface area contributed by atoms with Crippen molar-refractivity contribution < 1.29 is 4.74 Å². The van der Waals surface area contributed by atoms with Crippen molar-refractivity contribution in [3.63, 3.8) is 0 Å². The van der Waals surface area contributed by atoms with Gasteiger partial charge in [-0.25, -0.2) is 0 Å². The predicted molar refractivity (Wildman–Crippen MR) is 299 cm³/mol. The molecule has 5 nitrogen and oxygen atoms in total. The van der Waals surface area contributed by atoms with Crippen LogP contribution in [0.5, 0.6) is 0 Å². The zero-order valence-electron chi connectivity index (χ0n) is 45.4. The van der Waals surface area contributed by atoms with E-state index in [-0.39, 0.29) is 0 Å². The Morgan fingerprint density at radius 1 is 0.286 bits per heavy atom. The van der Waals surface area contributed by atoms with Gasteiger partial charge in [0.25, 0.3) is 0 Å². The first-order valence-electron chi connectivity index (χ1n) is 26.7. The summed E-state index contributed by atoms with van der Waals surface area (Å²) in [6.07, 6.45) is 10.4. The molecule has 0 fully saturated rings. The van der Waals surface area contributed by atoms with E-state index < -0.39 is 0 Å². The lowest BCUT2D eigenvalue weighted by atomic mass is 10.1. The zero-order valence-corrected chi connectivity index (χ0v) is 48.7. The summed E-state index contributed by atoms with van der Waals surface area (Å²) in [6, 6.07) is 0. The smallest absolute Gasteiger partial charge is 0.0593 e. The average molecular weight is 964 g/mol. The third-order valence-corrected chi connectivity index (χ3v) is 17.0. The minimum atomic E-state index is 0.545. The topological polar surface area (TPSA) is 22.2 Å². The van der Waals surface area contributed by atoms with Crippen LogP contribution >= 0.6 is 47.0 Å². The first-order valence-corrected chi connectivity index (χ1v) is 31.1. The van der Waals surface area contributed by atoms with Crippen LogP contribution in [0.3, 0.4) is 0 Å². The molecule has 0 heterocycles. The molecule has 0 aliphatic heterocycles. The molecule has 0 radical (unpaired) electrons. The fraction of sp³-hybridized carbons (Fsp3) is 1.00. The van der Waals surface area contributed by atoms with Crippen molar-refractivity contribution in [2.24, 2.45) is 47.3 Å². The molecule has 9 heteroatoms. The summed E-state index contributed by atoms with van der Waals surface area (Å²) in [5.74, 6) is 13.4. The molecule has 0 rings (SSSR count). The van der Waals surface area contributed by atoms with Crippen LogP contribution in [0.25, 0.3) is 0 Å². The van der Waals surface area contributed by atoms with Crippen LogP contribution in [0.1, 0.15) is 162 Å². The lowest BCUT2D eigenvalue weighted by Gasteiger charge is -2.27. The van der Waals surface area contributed by atoms with Gasteiger partial charge in [0, 0.05) is 71.2 Å². The molecule has 0 N–H and O–H groups in total. The van der Waals surface area contributed by atoms with E-state index in [9.17, 15) is 0 Å². The predicted octanol–water partition coefficient (Wildman–Crippen LogP) is 14.2. The number of hydrogen-bond donors (Lipinski definition) is 0. The van der Waals surface area contributed by atoms with Crippen LogP contribution < -0.4 is 0 Å². The summed E-state index contributed by atoms with van der Waals surface area (Å²) in [7, 11) is 0. The molecular weight excluding hydrogens is 849 g/mol. The molecule has 0 bridgehead atoms. The van der Waals surface area contributed by atoms with Gasteiger partial charge < -0.3 is 24.3 Å². The normalized spacial score (nSPS) is 13.9. The van der Waals surface area contributed by atoms with E-state index in [1.807, 2.05) is 0 Å². The fourth-order valence-electron chi connectivity index (χ4n) is 7.00. The Morgan fingerprint density at radius 3 is 0.698 bits per heavy atom. The maximum Gasteiger partial charge on any atom is 0.0593 e. The van der Waals surface area contributed by atoms with Crippen molar-refractivity contribution in [3.8, 4) is 0 Å². The minimum Gasteiger partial charge on any atom is -0.379 e. The summed E-state index contributed by atoms with van der Waals surface area (Å²) in [4.78, 5) is 11.0. The maximum atomic E-state index is 6.89. The van der Waals surface area contributed by atoms with Gasteiger partial charge in [-0.2, -0.15) is 47.0 Å². The first-order chi connectivity index (χ1) is 29.9. The van der Waals surface area contributed by atoms with Gasteiger partial charge in [0.05, 0.1) is 13.2 Å². The molecule has 0 saturated heterocycles. The van der Waals surface area contributed by atoms with Gasteiger partial charge in [0.1, 0.15) is 0 Å². The molecule has 0 amide bonds. The number of thioether (sulfide) groups is 4. The highest BCUT2D eigenvalue weighted by Crippen LogP contribution is 2.23. The highest BCUT2D eigenvalue weighted by molar-refractivity contribution is 8.03. The molecule has 0 aromatic carbocycles. The minimum absolute atomic E-state index is 0.545. The highest BCUT2D eigenvalue weighted by Gasteiger charge is 2.18. The Kier molecular flexibility index (Phi) is 42.9. The second kappa shape index (κ2) is 42.1. The molecule has 0 spiro atoms. The highest BCUT2D eigenvalue weighted by atomic mass is 32.2. The van der Waals surface area contributed by atoms with Gasteiger partial charge in [-0.15, -0.1) is 0 Å². The van der Waals surface area contributed by atoms with E-state index in [1.54, 1.807) is 0 Å². The largest absolute Gasteiger partial charge is 0.379 e. The van der Waals surface area contributed by atoms with Crippen LogP contribution in [0.15, 0.2) is 0 Å². The van der Waals surface area contributed by atoms with Gasteiger partial charge in [-0.1, -0.05) is 111 Å². The van der Waals surface area contributed by atoms with Crippen molar-refractivity contribution in [1.82, 2.24) is 19.6 Å². The number of ether oxygens (including phenoxy) is 1. The lowest BCUT2D eigenvalue weighted by Crippen LogP contribution is -2.32. The summed E-state index contributed by atoms with van der Waals surface area (Å²) in [5.41, 5.74) is 0. The van der Waals surface area contributed by atoms with Crippen molar-refractivity contribution >= 4 is 47.0 Å². The van der Waals surface area contributed by atoms with Gasteiger partial charge >= 0.3 is 0 Å². The second-order valence-electron chi connectivity index (χ2n) is 22.5. The molecule has 0 aromatic rings. The van der Waals surface area contributed by atoms with E-state index in [0.29, 0.717) is 10.5 Å². The molecule has 0 saturated carbocycles. The first kappa shape index (κ1) is 64.2. The molecular formula is C54H114N4OS4.